The molecule has 10 atom stereocenters. The van der Waals surface area contributed by atoms with Crippen molar-refractivity contribution >= 4 is 0 Å². The van der Waals surface area contributed by atoms with E-state index in [1.54, 1.807) is 0 Å². The van der Waals surface area contributed by atoms with E-state index >= 15 is 0 Å². The molecular weight excluding hydrogens is 909 g/mol. The maximum Gasteiger partial charge on any atom is 0.187 e. The van der Waals surface area contributed by atoms with Crippen molar-refractivity contribution in [2.45, 2.75) is 108 Å². The first-order chi connectivity index (χ1) is 35.6. The largest absolute Gasteiger partial charge is 0.374 e. The highest BCUT2D eigenvalue weighted by molar-refractivity contribution is 5.19. The van der Waals surface area contributed by atoms with Gasteiger partial charge in [0.15, 0.2) is 12.6 Å². The van der Waals surface area contributed by atoms with Gasteiger partial charge < -0.3 is 52.5 Å². The Bertz CT molecular complexity index is 2550. The summed E-state index contributed by atoms with van der Waals surface area (Å²) in [6.45, 7) is 1.93. The van der Waals surface area contributed by atoms with Gasteiger partial charge in [-0.3, -0.25) is 0 Å². The van der Waals surface area contributed by atoms with Crippen LogP contribution in [0.15, 0.2) is 212 Å². The van der Waals surface area contributed by atoms with E-state index in [2.05, 4.69) is 0 Å². The molecule has 0 saturated carbocycles. The van der Waals surface area contributed by atoms with Crippen LogP contribution in [-0.4, -0.2) is 79.7 Å². The first kappa shape index (κ1) is 51.0. The van der Waals surface area contributed by atoms with E-state index in [9.17, 15) is 5.11 Å². The highest BCUT2D eigenvalue weighted by Gasteiger charge is 2.54. The second-order valence-electron chi connectivity index (χ2n) is 18.0. The number of benzene rings is 7. The molecule has 2 saturated heterocycles. The van der Waals surface area contributed by atoms with Crippen LogP contribution >= 0.6 is 0 Å². The summed E-state index contributed by atoms with van der Waals surface area (Å²) in [5.41, 5.74) is 6.74. The summed E-state index contributed by atoms with van der Waals surface area (Å²) in [5, 5.41) is 12.1. The molecule has 11 heteroatoms. The Morgan fingerprint density at radius 1 is 0.292 bits per heavy atom. The van der Waals surface area contributed by atoms with E-state index in [0.29, 0.717) is 13.2 Å². The maximum atomic E-state index is 12.1. The van der Waals surface area contributed by atoms with E-state index in [1.165, 1.54) is 0 Å². The number of rotatable bonds is 25. The third-order valence-corrected chi connectivity index (χ3v) is 12.7. The fourth-order valence-electron chi connectivity index (χ4n) is 8.98. The minimum atomic E-state index is -1.45. The van der Waals surface area contributed by atoms with E-state index in [1.807, 2.05) is 212 Å². The van der Waals surface area contributed by atoms with Crippen molar-refractivity contribution in [2.75, 3.05) is 13.2 Å². The van der Waals surface area contributed by atoms with Crippen molar-refractivity contribution in [2.24, 2.45) is 0 Å². The number of aliphatic hydroxyl groups is 1. The second-order valence-corrected chi connectivity index (χ2v) is 18.0. The van der Waals surface area contributed by atoms with Gasteiger partial charge in [-0.05, 0) is 38.9 Å². The molecule has 9 rings (SSSR count). The number of hydrogen-bond donors (Lipinski definition) is 1. The van der Waals surface area contributed by atoms with Gasteiger partial charge in [0, 0.05) is 0 Å². The molecule has 2 fully saturated rings. The number of ether oxygens (including phenoxy) is 10. The summed E-state index contributed by atoms with van der Waals surface area (Å²) in [4.78, 5) is 0. The average molecular weight is 973 g/mol. The predicted octanol–water partition coefficient (Wildman–Crippen LogP) is 10.2. The van der Waals surface area contributed by atoms with Gasteiger partial charge in [-0.2, -0.15) is 0 Å². The maximum absolute atomic E-state index is 12.1. The van der Waals surface area contributed by atoms with E-state index < -0.39 is 61.4 Å². The normalized spacial score (nSPS) is 24.2. The molecule has 7 aromatic rings. The molecule has 0 aromatic heterocycles. The van der Waals surface area contributed by atoms with Crippen LogP contribution in [-0.2, 0) is 93.6 Å². The quantitative estimate of drug-likeness (QED) is 0.0591. The molecule has 0 amide bonds. The summed E-state index contributed by atoms with van der Waals surface area (Å²) < 4.78 is 68.6. The lowest BCUT2D eigenvalue weighted by molar-refractivity contribution is -0.375. The monoisotopic (exact) mass is 972 g/mol. The van der Waals surface area contributed by atoms with Crippen LogP contribution in [0.3, 0.4) is 0 Å². The zero-order valence-corrected chi connectivity index (χ0v) is 40.4. The Balaban J connectivity index is 1.10. The molecular formula is C61H64O11. The van der Waals surface area contributed by atoms with Gasteiger partial charge >= 0.3 is 0 Å². The molecule has 0 unspecified atom stereocenters. The van der Waals surface area contributed by atoms with Crippen LogP contribution in [0.2, 0.25) is 0 Å². The molecule has 2 heterocycles. The highest BCUT2D eigenvalue weighted by Crippen LogP contribution is 2.36. The van der Waals surface area contributed by atoms with E-state index in [4.69, 9.17) is 47.4 Å². The molecule has 0 aliphatic carbocycles. The minimum absolute atomic E-state index is 0.0737. The fraction of sp³-hybridized carbons (Fsp3) is 0.311. The predicted molar refractivity (Wildman–Crippen MR) is 272 cm³/mol. The van der Waals surface area contributed by atoms with Crippen molar-refractivity contribution in [3.8, 4) is 0 Å². The molecule has 0 spiro atoms. The van der Waals surface area contributed by atoms with Crippen LogP contribution in [0.5, 0.6) is 0 Å². The van der Waals surface area contributed by atoms with Crippen LogP contribution in [0.4, 0.5) is 0 Å². The van der Waals surface area contributed by atoms with Gasteiger partial charge in [0.25, 0.3) is 0 Å². The zero-order valence-electron chi connectivity index (χ0n) is 40.4. The topological polar surface area (TPSA) is 113 Å². The van der Waals surface area contributed by atoms with Crippen molar-refractivity contribution in [1.82, 2.24) is 0 Å². The molecule has 374 valence electrons. The average Bonchev–Trinajstić information content (AvgIpc) is 3.43. The summed E-state index contributed by atoms with van der Waals surface area (Å²) in [6.07, 6.45) is -9.47. The van der Waals surface area contributed by atoms with Gasteiger partial charge in [-0.15, -0.1) is 0 Å². The lowest BCUT2D eigenvalue weighted by atomic mass is 9.95. The first-order valence-electron chi connectivity index (χ1n) is 24.8. The first-order valence-corrected chi connectivity index (χ1v) is 24.8. The van der Waals surface area contributed by atoms with Crippen LogP contribution in [0.1, 0.15) is 38.9 Å². The van der Waals surface area contributed by atoms with Crippen molar-refractivity contribution in [1.29, 1.82) is 0 Å². The Morgan fingerprint density at radius 3 is 0.931 bits per heavy atom. The SMILES string of the molecule is O[C@H]1O[C@H](COCc2ccccc2)[C@@H](OCc2ccccc2)[C@H](O[C@H]2O[C@H](COCc3ccccc3)[C@@H](OCc3ccccc3)[C@H](OCc3ccccc3)[C@@H]2OCc2ccccc2)[C@@H]1OCc1ccccc1. The Hall–Kier alpha value is -5.90. The van der Waals surface area contributed by atoms with Gasteiger partial charge in [-0.25, -0.2) is 0 Å². The molecule has 11 nitrogen and oxygen atoms in total. The third kappa shape index (κ3) is 14.8. The minimum Gasteiger partial charge on any atom is -0.374 e. The Morgan fingerprint density at radius 2 is 0.569 bits per heavy atom. The lowest BCUT2D eigenvalue weighted by Gasteiger charge is -2.49. The van der Waals surface area contributed by atoms with Crippen molar-refractivity contribution < 1.29 is 52.5 Å². The summed E-state index contributed by atoms with van der Waals surface area (Å²) in [7, 11) is 0. The van der Waals surface area contributed by atoms with E-state index in [-0.39, 0.29) is 46.2 Å². The number of aliphatic hydroxyl groups excluding tert-OH is 1. The summed E-state index contributed by atoms with van der Waals surface area (Å²) >= 11 is 0. The summed E-state index contributed by atoms with van der Waals surface area (Å²) in [6, 6.07) is 69.6. The van der Waals surface area contributed by atoms with Crippen LogP contribution in [0, 0.1) is 0 Å². The van der Waals surface area contributed by atoms with Gasteiger partial charge in [0.1, 0.15) is 48.8 Å². The van der Waals surface area contributed by atoms with Gasteiger partial charge in [-0.1, -0.05) is 212 Å². The van der Waals surface area contributed by atoms with Crippen molar-refractivity contribution in [3.63, 3.8) is 0 Å². The molecule has 2 aliphatic heterocycles. The molecule has 72 heavy (non-hydrogen) atoms. The summed E-state index contributed by atoms with van der Waals surface area (Å²) in [5.74, 6) is 0. The zero-order chi connectivity index (χ0) is 49.0. The molecule has 1 N–H and O–H groups in total. The van der Waals surface area contributed by atoms with Crippen LogP contribution in [0.25, 0.3) is 0 Å². The fourth-order valence-corrected chi connectivity index (χ4v) is 8.98. The molecule has 7 aromatic carbocycles. The molecule has 0 bridgehead atoms. The van der Waals surface area contributed by atoms with Crippen LogP contribution < -0.4 is 0 Å². The smallest absolute Gasteiger partial charge is 0.187 e. The third-order valence-electron chi connectivity index (χ3n) is 12.7. The lowest BCUT2D eigenvalue weighted by Crippen LogP contribution is -2.66. The van der Waals surface area contributed by atoms with Crippen molar-refractivity contribution in [3.05, 3.63) is 251 Å². The van der Waals surface area contributed by atoms with Gasteiger partial charge in [0.2, 0.25) is 0 Å². The molecule has 2 aliphatic rings. The highest BCUT2D eigenvalue weighted by atomic mass is 16.7. The standard InChI is InChI=1S/C61H64O11/c62-60-58(68-41-50-32-18-6-19-33-50)57(55(66-39-48-28-14-4-15-29-48)52(70-60)43-63-36-45-22-8-1-9-23-45)72-61-59(69-42-51-34-20-7-21-35-51)56(67-40-49-30-16-5-17-31-49)54(65-38-47-26-12-3-13-27-47)53(71-61)44-64-37-46-24-10-2-11-25-46/h1-35,52-62H,36-44H2/t52-,53-,54-,55-,56+,57+,58+,59+,60+,61-/m1/s1. The second kappa shape index (κ2) is 27.2. The molecule has 0 radical (unpaired) electrons. The number of hydrogen-bond acceptors (Lipinski definition) is 11. The Labute approximate surface area is 423 Å². The van der Waals surface area contributed by atoms with Gasteiger partial charge in [0.05, 0.1) is 59.5 Å². The van der Waals surface area contributed by atoms with E-state index in [0.717, 1.165) is 38.9 Å². The Kier molecular flexibility index (Phi) is 19.3.